The van der Waals surface area contributed by atoms with Crippen LogP contribution in [0, 0.1) is 0 Å². The van der Waals surface area contributed by atoms with Crippen LogP contribution in [-0.2, 0) is 14.8 Å². The number of hydrogen-bond donors (Lipinski definition) is 0. The molecule has 6 nitrogen and oxygen atoms in total. The van der Waals surface area contributed by atoms with Crippen LogP contribution in [0.3, 0.4) is 0 Å². The maximum absolute atomic E-state index is 12.7. The minimum Gasteiger partial charge on any atom is -0.444 e. The van der Waals surface area contributed by atoms with Crippen molar-refractivity contribution in [2.24, 2.45) is 0 Å². The normalized spacial score (nSPS) is 20.3. The zero-order valence-electron chi connectivity index (χ0n) is 14.0. The summed E-state index contributed by atoms with van der Waals surface area (Å²) >= 11 is 0. The molecule has 0 N–H and O–H groups in total. The quantitative estimate of drug-likeness (QED) is 0.829. The Balaban J connectivity index is 2.09. The van der Waals surface area contributed by atoms with Gasteiger partial charge in [-0.15, -0.1) is 0 Å². The molecule has 0 bridgehead atoms. The van der Waals surface area contributed by atoms with Gasteiger partial charge in [0.05, 0.1) is 4.90 Å². The molecule has 1 amide bonds. The molecular formula is C16H24N2O4S. The van der Waals surface area contributed by atoms with E-state index in [0.717, 1.165) is 0 Å². The SMILES string of the molecule is C[C@H]1CN(C(=O)OC(C)(C)C)CCN1S(=O)(=O)c1ccccc1. The van der Waals surface area contributed by atoms with Gasteiger partial charge in [-0.05, 0) is 39.8 Å². The van der Waals surface area contributed by atoms with Crippen LogP contribution < -0.4 is 0 Å². The summed E-state index contributed by atoms with van der Waals surface area (Å²) in [6, 6.07) is 8.05. The van der Waals surface area contributed by atoms with Gasteiger partial charge >= 0.3 is 6.09 Å². The largest absolute Gasteiger partial charge is 0.444 e. The predicted octanol–water partition coefficient (Wildman–Crippen LogP) is 2.32. The molecule has 1 aliphatic heterocycles. The second-order valence-corrected chi connectivity index (χ2v) is 8.59. The van der Waals surface area contributed by atoms with Crippen molar-refractivity contribution in [2.75, 3.05) is 19.6 Å². The lowest BCUT2D eigenvalue weighted by atomic mass is 10.2. The molecule has 1 aromatic rings. The van der Waals surface area contributed by atoms with Gasteiger partial charge in [-0.1, -0.05) is 18.2 Å². The third kappa shape index (κ3) is 4.23. The fourth-order valence-corrected chi connectivity index (χ4v) is 4.15. The number of ether oxygens (including phenoxy) is 1. The molecule has 1 saturated heterocycles. The van der Waals surface area contributed by atoms with Gasteiger partial charge in [0.2, 0.25) is 10.0 Å². The second kappa shape index (κ2) is 6.49. The molecule has 1 heterocycles. The highest BCUT2D eigenvalue weighted by Gasteiger charge is 2.36. The van der Waals surface area contributed by atoms with Crippen LogP contribution in [0.25, 0.3) is 0 Å². The summed E-state index contributed by atoms with van der Waals surface area (Å²) < 4.78 is 32.2. The summed E-state index contributed by atoms with van der Waals surface area (Å²) in [5.74, 6) is 0. The molecule has 0 spiro atoms. The summed E-state index contributed by atoms with van der Waals surface area (Å²) in [4.78, 5) is 14.0. The Morgan fingerprint density at radius 1 is 1.17 bits per heavy atom. The zero-order chi connectivity index (χ0) is 17.3. The molecule has 0 unspecified atom stereocenters. The molecule has 1 fully saturated rings. The average molecular weight is 340 g/mol. The summed E-state index contributed by atoms with van der Waals surface area (Å²) in [6.07, 6.45) is -0.402. The number of rotatable bonds is 2. The number of amides is 1. The lowest BCUT2D eigenvalue weighted by Gasteiger charge is -2.39. The fraction of sp³-hybridized carbons (Fsp3) is 0.562. The zero-order valence-corrected chi connectivity index (χ0v) is 14.8. The van der Waals surface area contributed by atoms with Gasteiger partial charge in [-0.25, -0.2) is 13.2 Å². The first kappa shape index (κ1) is 17.7. The Kier molecular flexibility index (Phi) is 5.01. The van der Waals surface area contributed by atoms with Crippen molar-refractivity contribution in [2.45, 2.75) is 44.2 Å². The smallest absolute Gasteiger partial charge is 0.410 e. The lowest BCUT2D eigenvalue weighted by molar-refractivity contribution is 0.0143. The molecule has 1 aromatic carbocycles. The number of sulfonamides is 1. The van der Waals surface area contributed by atoms with Crippen molar-refractivity contribution in [1.82, 2.24) is 9.21 Å². The lowest BCUT2D eigenvalue weighted by Crippen LogP contribution is -2.55. The minimum atomic E-state index is -3.54. The molecule has 7 heteroatoms. The highest BCUT2D eigenvalue weighted by molar-refractivity contribution is 7.89. The van der Waals surface area contributed by atoms with E-state index in [1.54, 1.807) is 42.2 Å². The Morgan fingerprint density at radius 3 is 2.30 bits per heavy atom. The van der Waals surface area contributed by atoms with Crippen LogP contribution in [0.5, 0.6) is 0 Å². The van der Waals surface area contributed by atoms with Crippen molar-refractivity contribution in [3.8, 4) is 0 Å². The Hall–Kier alpha value is -1.60. The maximum atomic E-state index is 12.7. The molecule has 0 aliphatic carbocycles. The van der Waals surface area contributed by atoms with Crippen molar-refractivity contribution < 1.29 is 17.9 Å². The molecule has 0 radical (unpaired) electrons. The number of hydrogen-bond acceptors (Lipinski definition) is 4. The number of piperazine rings is 1. The van der Waals surface area contributed by atoms with Crippen LogP contribution in [-0.4, -0.2) is 55.0 Å². The number of nitrogens with zero attached hydrogens (tertiary/aromatic N) is 2. The van der Waals surface area contributed by atoms with Gasteiger partial charge in [0.15, 0.2) is 0 Å². The van der Waals surface area contributed by atoms with Gasteiger partial charge in [-0.3, -0.25) is 0 Å². The van der Waals surface area contributed by atoms with E-state index >= 15 is 0 Å². The minimum absolute atomic E-state index is 0.262. The molecule has 23 heavy (non-hydrogen) atoms. The van der Waals surface area contributed by atoms with Gasteiger partial charge in [0, 0.05) is 25.7 Å². The third-order valence-electron chi connectivity index (χ3n) is 3.57. The van der Waals surface area contributed by atoms with E-state index in [4.69, 9.17) is 4.74 Å². The van der Waals surface area contributed by atoms with E-state index in [9.17, 15) is 13.2 Å². The van der Waals surface area contributed by atoms with E-state index in [0.29, 0.717) is 13.1 Å². The standard InChI is InChI=1S/C16H24N2O4S/c1-13-12-17(15(19)22-16(2,3)4)10-11-18(13)23(20,21)14-8-6-5-7-9-14/h5-9,13H,10-12H2,1-4H3/t13-/m0/s1. The van der Waals surface area contributed by atoms with E-state index in [1.807, 2.05) is 20.8 Å². The average Bonchev–Trinajstić information content (AvgIpc) is 2.46. The first-order chi connectivity index (χ1) is 10.6. The second-order valence-electron chi connectivity index (χ2n) is 6.70. The molecule has 2 rings (SSSR count). The van der Waals surface area contributed by atoms with E-state index in [1.165, 1.54) is 4.31 Å². The van der Waals surface area contributed by atoms with E-state index in [2.05, 4.69) is 0 Å². The third-order valence-corrected chi connectivity index (χ3v) is 5.60. The monoisotopic (exact) mass is 340 g/mol. The van der Waals surface area contributed by atoms with Gasteiger partial charge in [-0.2, -0.15) is 4.31 Å². The van der Waals surface area contributed by atoms with Crippen molar-refractivity contribution >= 4 is 16.1 Å². The van der Waals surface area contributed by atoms with Crippen LogP contribution in [0.1, 0.15) is 27.7 Å². The molecule has 1 atom stereocenters. The summed E-state index contributed by atoms with van der Waals surface area (Å²) in [6.45, 7) is 8.14. The van der Waals surface area contributed by atoms with Crippen molar-refractivity contribution in [3.05, 3.63) is 30.3 Å². The topological polar surface area (TPSA) is 66.9 Å². The van der Waals surface area contributed by atoms with Crippen LogP contribution in [0.2, 0.25) is 0 Å². The van der Waals surface area contributed by atoms with Gasteiger partial charge < -0.3 is 9.64 Å². The Bertz CT molecular complexity index is 652. The van der Waals surface area contributed by atoms with Gasteiger partial charge in [0.1, 0.15) is 5.60 Å². The summed E-state index contributed by atoms with van der Waals surface area (Å²) in [5, 5.41) is 0. The first-order valence-electron chi connectivity index (χ1n) is 7.66. The Morgan fingerprint density at radius 2 is 1.78 bits per heavy atom. The number of carbonyl (C=O) groups is 1. The summed E-state index contributed by atoms with van der Waals surface area (Å²) in [7, 11) is -3.54. The highest BCUT2D eigenvalue weighted by atomic mass is 32.2. The maximum Gasteiger partial charge on any atom is 0.410 e. The number of benzene rings is 1. The van der Waals surface area contributed by atoms with Gasteiger partial charge in [0.25, 0.3) is 0 Å². The molecular weight excluding hydrogens is 316 g/mol. The number of carbonyl (C=O) groups excluding carboxylic acids is 1. The van der Waals surface area contributed by atoms with E-state index in [-0.39, 0.29) is 17.5 Å². The molecule has 128 valence electrons. The van der Waals surface area contributed by atoms with Crippen LogP contribution >= 0.6 is 0 Å². The fourth-order valence-electron chi connectivity index (χ4n) is 2.52. The van der Waals surface area contributed by atoms with Crippen LogP contribution in [0.4, 0.5) is 4.79 Å². The molecule has 0 saturated carbocycles. The Labute approximate surface area is 138 Å². The van der Waals surface area contributed by atoms with Crippen molar-refractivity contribution in [1.29, 1.82) is 0 Å². The molecule has 1 aliphatic rings. The van der Waals surface area contributed by atoms with E-state index < -0.39 is 21.7 Å². The van der Waals surface area contributed by atoms with Crippen molar-refractivity contribution in [3.63, 3.8) is 0 Å². The predicted molar refractivity (Wildman–Crippen MR) is 87.6 cm³/mol. The molecule has 0 aromatic heterocycles. The summed E-state index contributed by atoms with van der Waals surface area (Å²) in [5.41, 5.74) is -0.562. The van der Waals surface area contributed by atoms with Crippen LogP contribution in [0.15, 0.2) is 35.2 Å². The first-order valence-corrected chi connectivity index (χ1v) is 9.10. The highest BCUT2D eigenvalue weighted by Crippen LogP contribution is 2.22.